The number of fused-ring (bicyclic) bond motifs is 1. The molecule has 0 amide bonds. The second kappa shape index (κ2) is 11.6. The standard InChI is InChI=1S/C30H36F4O/c1-3-5-7-21-12-13-24(28(32)27(21)31)25-14-15-26(30(34)29(25)33)35-18-20-9-11-22-16-19(6-4-2)8-10-23(22)17-20/h3,12-15,19-20,22-23H,1,4-11,16-18H2,2H3. The molecule has 0 radical (unpaired) electrons. The molecule has 0 spiro atoms. The molecule has 190 valence electrons. The van der Waals surface area contributed by atoms with Gasteiger partial charge in [-0.1, -0.05) is 44.4 Å². The molecule has 2 saturated carbocycles. The lowest BCUT2D eigenvalue weighted by atomic mass is 9.64. The Morgan fingerprint density at radius 1 is 0.829 bits per heavy atom. The van der Waals surface area contributed by atoms with Gasteiger partial charge in [0.25, 0.3) is 0 Å². The summed E-state index contributed by atoms with van der Waals surface area (Å²) in [5, 5.41) is 0. The molecule has 0 bridgehead atoms. The molecule has 0 aromatic heterocycles. The van der Waals surface area contributed by atoms with Crippen LogP contribution in [-0.2, 0) is 6.42 Å². The van der Waals surface area contributed by atoms with Crippen LogP contribution in [-0.4, -0.2) is 6.61 Å². The number of benzene rings is 2. The van der Waals surface area contributed by atoms with Crippen LogP contribution in [0.4, 0.5) is 17.6 Å². The summed E-state index contributed by atoms with van der Waals surface area (Å²) in [6.07, 6.45) is 12.2. The van der Waals surface area contributed by atoms with Crippen LogP contribution in [0.1, 0.15) is 70.3 Å². The lowest BCUT2D eigenvalue weighted by Crippen LogP contribution is -2.33. The number of allylic oxidation sites excluding steroid dienone is 1. The molecule has 35 heavy (non-hydrogen) atoms. The van der Waals surface area contributed by atoms with Gasteiger partial charge in [0.2, 0.25) is 5.82 Å². The summed E-state index contributed by atoms with van der Waals surface area (Å²) in [6, 6.07) is 5.28. The van der Waals surface area contributed by atoms with E-state index >= 15 is 0 Å². The van der Waals surface area contributed by atoms with Crippen LogP contribution in [0.25, 0.3) is 11.1 Å². The first kappa shape index (κ1) is 25.8. The van der Waals surface area contributed by atoms with Gasteiger partial charge in [0.15, 0.2) is 23.2 Å². The molecule has 2 aliphatic rings. The zero-order chi connectivity index (χ0) is 24.9. The Kier molecular flexibility index (Phi) is 8.56. The van der Waals surface area contributed by atoms with Gasteiger partial charge < -0.3 is 4.74 Å². The Labute approximate surface area is 206 Å². The van der Waals surface area contributed by atoms with Crippen molar-refractivity contribution in [2.24, 2.45) is 23.7 Å². The molecule has 2 aromatic rings. The van der Waals surface area contributed by atoms with E-state index in [-0.39, 0.29) is 28.9 Å². The van der Waals surface area contributed by atoms with Crippen molar-refractivity contribution in [2.75, 3.05) is 6.61 Å². The minimum Gasteiger partial charge on any atom is -0.490 e. The molecule has 2 fully saturated rings. The van der Waals surface area contributed by atoms with Crippen LogP contribution in [0, 0.1) is 46.9 Å². The maximum absolute atomic E-state index is 14.9. The number of ether oxygens (including phenoxy) is 1. The van der Waals surface area contributed by atoms with Crippen molar-refractivity contribution in [2.45, 2.75) is 71.1 Å². The van der Waals surface area contributed by atoms with Crippen LogP contribution >= 0.6 is 0 Å². The fourth-order valence-electron chi connectivity index (χ4n) is 6.21. The van der Waals surface area contributed by atoms with Gasteiger partial charge in [0.05, 0.1) is 6.61 Å². The van der Waals surface area contributed by atoms with Crippen LogP contribution in [0.3, 0.4) is 0 Å². The third-order valence-corrected chi connectivity index (χ3v) is 8.12. The highest BCUT2D eigenvalue weighted by Crippen LogP contribution is 2.46. The van der Waals surface area contributed by atoms with Crippen molar-refractivity contribution in [3.8, 4) is 16.9 Å². The first-order valence-corrected chi connectivity index (χ1v) is 13.1. The monoisotopic (exact) mass is 488 g/mol. The number of aryl methyl sites for hydroxylation is 1. The normalized spacial score (nSPS) is 24.1. The second-order valence-corrected chi connectivity index (χ2v) is 10.4. The first-order valence-electron chi connectivity index (χ1n) is 13.1. The largest absolute Gasteiger partial charge is 0.490 e. The topological polar surface area (TPSA) is 9.23 Å². The highest BCUT2D eigenvalue weighted by atomic mass is 19.2. The molecule has 4 rings (SSSR count). The number of hydrogen-bond acceptors (Lipinski definition) is 1. The maximum atomic E-state index is 14.9. The van der Waals surface area contributed by atoms with Crippen molar-refractivity contribution in [3.05, 3.63) is 65.8 Å². The molecule has 4 unspecified atom stereocenters. The molecule has 0 aliphatic heterocycles. The van der Waals surface area contributed by atoms with Crippen molar-refractivity contribution in [3.63, 3.8) is 0 Å². The van der Waals surface area contributed by atoms with Crippen LogP contribution in [0.2, 0.25) is 0 Å². The number of halogens is 4. The molecule has 2 aliphatic carbocycles. The van der Waals surface area contributed by atoms with Gasteiger partial charge in [0, 0.05) is 11.1 Å². The summed E-state index contributed by atoms with van der Waals surface area (Å²) in [7, 11) is 0. The lowest BCUT2D eigenvalue weighted by molar-refractivity contribution is 0.0739. The minimum absolute atomic E-state index is 0.177. The molecular weight excluding hydrogens is 452 g/mol. The SMILES string of the molecule is C=CCCc1ccc(-c2ccc(OCC3CCC4CC(CCC)CCC4C3)c(F)c2F)c(F)c1F. The van der Waals surface area contributed by atoms with Gasteiger partial charge in [-0.3, -0.25) is 0 Å². The molecule has 4 atom stereocenters. The van der Waals surface area contributed by atoms with E-state index < -0.39 is 23.3 Å². The first-order chi connectivity index (χ1) is 16.9. The van der Waals surface area contributed by atoms with Crippen molar-refractivity contribution in [1.29, 1.82) is 0 Å². The Morgan fingerprint density at radius 3 is 2.14 bits per heavy atom. The minimum atomic E-state index is -1.22. The lowest BCUT2D eigenvalue weighted by Gasteiger charge is -2.42. The van der Waals surface area contributed by atoms with Crippen molar-refractivity contribution >= 4 is 0 Å². The molecule has 0 heterocycles. The quantitative estimate of drug-likeness (QED) is 0.253. The van der Waals surface area contributed by atoms with Gasteiger partial charge in [-0.15, -0.1) is 6.58 Å². The summed E-state index contributed by atoms with van der Waals surface area (Å²) in [5.74, 6) is -2.08. The van der Waals surface area contributed by atoms with Gasteiger partial charge in [-0.2, -0.15) is 4.39 Å². The molecule has 2 aromatic carbocycles. The summed E-state index contributed by atoms with van der Waals surface area (Å²) in [4.78, 5) is 0. The van der Waals surface area contributed by atoms with Gasteiger partial charge in [0.1, 0.15) is 0 Å². The Bertz CT molecular complexity index is 1030. The number of rotatable bonds is 9. The van der Waals surface area contributed by atoms with Crippen LogP contribution in [0.5, 0.6) is 5.75 Å². The zero-order valence-electron chi connectivity index (χ0n) is 20.6. The molecule has 1 nitrogen and oxygen atoms in total. The average Bonchev–Trinajstić information content (AvgIpc) is 2.86. The van der Waals surface area contributed by atoms with E-state index in [0.29, 0.717) is 24.9 Å². The summed E-state index contributed by atoms with van der Waals surface area (Å²) in [5.41, 5.74) is -0.434. The van der Waals surface area contributed by atoms with Crippen LogP contribution < -0.4 is 4.74 Å². The maximum Gasteiger partial charge on any atom is 0.201 e. The van der Waals surface area contributed by atoms with E-state index in [9.17, 15) is 17.6 Å². The Morgan fingerprint density at radius 2 is 1.46 bits per heavy atom. The van der Waals surface area contributed by atoms with E-state index in [2.05, 4.69) is 13.5 Å². The van der Waals surface area contributed by atoms with E-state index in [1.807, 2.05) is 0 Å². The molecule has 5 heteroatoms. The van der Waals surface area contributed by atoms with Crippen molar-refractivity contribution in [1.82, 2.24) is 0 Å². The smallest absolute Gasteiger partial charge is 0.201 e. The average molecular weight is 489 g/mol. The highest BCUT2D eigenvalue weighted by molar-refractivity contribution is 5.66. The Balaban J connectivity index is 1.40. The summed E-state index contributed by atoms with van der Waals surface area (Å²) < 4.78 is 64.5. The van der Waals surface area contributed by atoms with Crippen LogP contribution in [0.15, 0.2) is 36.9 Å². The predicted molar refractivity (Wildman–Crippen MR) is 132 cm³/mol. The van der Waals surface area contributed by atoms with E-state index in [1.165, 1.54) is 62.8 Å². The summed E-state index contributed by atoms with van der Waals surface area (Å²) in [6.45, 7) is 6.17. The number of hydrogen-bond donors (Lipinski definition) is 0. The van der Waals surface area contributed by atoms with E-state index in [0.717, 1.165) is 24.7 Å². The van der Waals surface area contributed by atoms with Gasteiger partial charge >= 0.3 is 0 Å². The zero-order valence-corrected chi connectivity index (χ0v) is 20.6. The van der Waals surface area contributed by atoms with E-state index in [4.69, 9.17) is 4.74 Å². The third kappa shape index (κ3) is 5.76. The fraction of sp³-hybridized carbons (Fsp3) is 0.533. The Hall–Kier alpha value is -2.30. The van der Waals surface area contributed by atoms with E-state index in [1.54, 1.807) is 6.08 Å². The van der Waals surface area contributed by atoms with Gasteiger partial charge in [-0.05, 0) is 86.3 Å². The molecule has 0 N–H and O–H groups in total. The molecular formula is C30H36F4O. The highest BCUT2D eigenvalue weighted by Gasteiger charge is 2.35. The second-order valence-electron chi connectivity index (χ2n) is 10.4. The predicted octanol–water partition coefficient (Wildman–Crippen LogP) is 9.04. The van der Waals surface area contributed by atoms with Crippen molar-refractivity contribution < 1.29 is 22.3 Å². The summed E-state index contributed by atoms with van der Waals surface area (Å²) >= 11 is 0. The van der Waals surface area contributed by atoms with Gasteiger partial charge in [-0.25, -0.2) is 13.2 Å². The molecule has 0 saturated heterocycles. The third-order valence-electron chi connectivity index (χ3n) is 8.12. The fourth-order valence-corrected chi connectivity index (χ4v) is 6.21.